The highest BCUT2D eigenvalue weighted by Crippen LogP contribution is 2.12. The Balaban J connectivity index is 2.56. The third-order valence-electron chi connectivity index (χ3n) is 3.32. The molecule has 3 N–H and O–H groups in total. The third-order valence-corrected chi connectivity index (χ3v) is 3.32. The lowest BCUT2D eigenvalue weighted by molar-refractivity contribution is 0.296. The van der Waals surface area contributed by atoms with Crippen LogP contribution in [0.2, 0.25) is 0 Å². The molecule has 0 saturated heterocycles. The Morgan fingerprint density at radius 3 is 2.56 bits per heavy atom. The fraction of sp³-hybridized carbons (Fsp3) is 0.600. The molecule has 0 aromatic heterocycles. The van der Waals surface area contributed by atoms with Crippen molar-refractivity contribution >= 4 is 5.69 Å². The summed E-state index contributed by atoms with van der Waals surface area (Å²) in [6, 6.07) is 8.85. The van der Waals surface area contributed by atoms with Gasteiger partial charge in [-0.25, -0.2) is 0 Å². The van der Waals surface area contributed by atoms with E-state index in [1.807, 2.05) is 0 Å². The molecule has 18 heavy (non-hydrogen) atoms. The van der Waals surface area contributed by atoms with Crippen LogP contribution in [0.25, 0.3) is 0 Å². The fourth-order valence-electron chi connectivity index (χ4n) is 1.88. The number of hydrogen-bond acceptors (Lipinski definition) is 3. The molecule has 0 fully saturated rings. The summed E-state index contributed by atoms with van der Waals surface area (Å²) < 4.78 is 0. The van der Waals surface area contributed by atoms with Gasteiger partial charge in [-0.05, 0) is 37.2 Å². The second-order valence-corrected chi connectivity index (χ2v) is 4.71. The first-order valence-corrected chi connectivity index (χ1v) is 7.00. The van der Waals surface area contributed by atoms with E-state index in [1.165, 1.54) is 11.3 Å². The molecular weight excluding hydrogens is 222 g/mol. The quantitative estimate of drug-likeness (QED) is 0.744. The van der Waals surface area contributed by atoms with E-state index in [0.29, 0.717) is 0 Å². The molecule has 0 heterocycles. The van der Waals surface area contributed by atoms with Gasteiger partial charge in [-0.15, -0.1) is 0 Å². The molecule has 0 amide bonds. The molecule has 0 aliphatic rings. The molecule has 0 radical (unpaired) electrons. The zero-order valence-electron chi connectivity index (χ0n) is 11.9. The van der Waals surface area contributed by atoms with Crippen molar-refractivity contribution in [3.05, 3.63) is 29.8 Å². The molecule has 1 atom stereocenters. The Labute approximate surface area is 111 Å². The topological polar surface area (TPSA) is 41.3 Å². The van der Waals surface area contributed by atoms with Gasteiger partial charge in [0.25, 0.3) is 0 Å². The molecule has 0 aliphatic carbocycles. The predicted molar refractivity (Wildman–Crippen MR) is 79.8 cm³/mol. The minimum Gasteiger partial charge on any atom is -0.383 e. The van der Waals surface area contributed by atoms with Gasteiger partial charge in [0.05, 0.1) is 0 Å². The summed E-state index contributed by atoms with van der Waals surface area (Å²) in [6.45, 7) is 10.6. The molecule has 1 aromatic rings. The van der Waals surface area contributed by atoms with Crippen LogP contribution in [0.15, 0.2) is 24.3 Å². The van der Waals surface area contributed by atoms with Gasteiger partial charge in [0.15, 0.2) is 0 Å². The van der Waals surface area contributed by atoms with Crippen molar-refractivity contribution in [2.45, 2.75) is 39.8 Å². The predicted octanol–water partition coefficient (Wildman–Crippen LogP) is 2.68. The standard InChI is InChI=1S/C15H27N3/c1-4-14(16)11-17-15-9-7-8-13(10-15)12-18(5-2)6-3/h7-10,14,17H,4-6,11-12,16H2,1-3H3. The van der Waals surface area contributed by atoms with E-state index in [0.717, 1.165) is 32.6 Å². The van der Waals surface area contributed by atoms with Crippen molar-refractivity contribution in [1.29, 1.82) is 0 Å². The van der Waals surface area contributed by atoms with E-state index in [9.17, 15) is 0 Å². The van der Waals surface area contributed by atoms with Gasteiger partial charge in [0, 0.05) is 24.8 Å². The molecule has 3 nitrogen and oxygen atoms in total. The number of hydrogen-bond donors (Lipinski definition) is 2. The number of nitrogens with one attached hydrogen (secondary N) is 1. The van der Waals surface area contributed by atoms with Crippen LogP contribution >= 0.6 is 0 Å². The van der Waals surface area contributed by atoms with Crippen molar-refractivity contribution in [1.82, 2.24) is 4.90 Å². The SMILES string of the molecule is CCC(N)CNc1cccc(CN(CC)CC)c1. The van der Waals surface area contributed by atoms with Gasteiger partial charge >= 0.3 is 0 Å². The Kier molecular flexibility index (Phi) is 6.76. The number of nitrogens with two attached hydrogens (primary N) is 1. The zero-order valence-corrected chi connectivity index (χ0v) is 11.9. The van der Waals surface area contributed by atoms with Crippen LogP contribution in [0.3, 0.4) is 0 Å². The van der Waals surface area contributed by atoms with Gasteiger partial charge in [0.2, 0.25) is 0 Å². The minimum absolute atomic E-state index is 0.233. The van der Waals surface area contributed by atoms with Crippen LogP contribution in [-0.2, 0) is 6.54 Å². The van der Waals surface area contributed by atoms with E-state index >= 15 is 0 Å². The highest BCUT2D eigenvalue weighted by molar-refractivity contribution is 5.45. The molecule has 1 aromatic carbocycles. The highest BCUT2D eigenvalue weighted by Gasteiger charge is 2.03. The lowest BCUT2D eigenvalue weighted by Gasteiger charge is -2.19. The second-order valence-electron chi connectivity index (χ2n) is 4.71. The van der Waals surface area contributed by atoms with Crippen LogP contribution in [-0.4, -0.2) is 30.6 Å². The molecule has 102 valence electrons. The summed E-state index contributed by atoms with van der Waals surface area (Å²) in [7, 11) is 0. The monoisotopic (exact) mass is 249 g/mol. The summed E-state index contributed by atoms with van der Waals surface area (Å²) in [5.41, 5.74) is 8.44. The third kappa shape index (κ3) is 5.07. The van der Waals surface area contributed by atoms with Gasteiger partial charge < -0.3 is 11.1 Å². The molecular formula is C15H27N3. The largest absolute Gasteiger partial charge is 0.383 e. The van der Waals surface area contributed by atoms with Crippen molar-refractivity contribution in [3.8, 4) is 0 Å². The van der Waals surface area contributed by atoms with Crippen molar-refractivity contribution < 1.29 is 0 Å². The average molecular weight is 249 g/mol. The van der Waals surface area contributed by atoms with Crippen LogP contribution in [0, 0.1) is 0 Å². The lowest BCUT2D eigenvalue weighted by Crippen LogP contribution is -2.28. The Hall–Kier alpha value is -1.06. The Morgan fingerprint density at radius 1 is 1.22 bits per heavy atom. The van der Waals surface area contributed by atoms with Gasteiger partial charge in [-0.1, -0.05) is 32.9 Å². The number of rotatable bonds is 8. The number of nitrogens with zero attached hydrogens (tertiary/aromatic N) is 1. The minimum atomic E-state index is 0.233. The summed E-state index contributed by atoms with van der Waals surface area (Å²) in [5.74, 6) is 0. The molecule has 3 heteroatoms. The van der Waals surface area contributed by atoms with Gasteiger partial charge in [0.1, 0.15) is 0 Å². The smallest absolute Gasteiger partial charge is 0.0343 e. The van der Waals surface area contributed by atoms with E-state index in [1.54, 1.807) is 0 Å². The van der Waals surface area contributed by atoms with Crippen molar-refractivity contribution in [3.63, 3.8) is 0 Å². The summed E-state index contributed by atoms with van der Waals surface area (Å²) in [4.78, 5) is 2.41. The van der Waals surface area contributed by atoms with E-state index < -0.39 is 0 Å². The van der Waals surface area contributed by atoms with E-state index in [2.05, 4.69) is 55.3 Å². The maximum atomic E-state index is 5.91. The first kappa shape index (κ1) is 15.0. The van der Waals surface area contributed by atoms with Crippen LogP contribution in [0.1, 0.15) is 32.8 Å². The summed E-state index contributed by atoms with van der Waals surface area (Å²) in [6.07, 6.45) is 1.01. The molecule has 0 aliphatic heterocycles. The first-order chi connectivity index (χ1) is 8.69. The Bertz CT molecular complexity index is 334. The summed E-state index contributed by atoms with van der Waals surface area (Å²) in [5, 5.41) is 3.40. The maximum Gasteiger partial charge on any atom is 0.0343 e. The van der Waals surface area contributed by atoms with Crippen LogP contribution < -0.4 is 11.1 Å². The van der Waals surface area contributed by atoms with E-state index in [-0.39, 0.29) is 6.04 Å². The van der Waals surface area contributed by atoms with Gasteiger partial charge in [-0.2, -0.15) is 0 Å². The highest BCUT2D eigenvalue weighted by atomic mass is 15.1. The fourth-order valence-corrected chi connectivity index (χ4v) is 1.88. The van der Waals surface area contributed by atoms with E-state index in [4.69, 9.17) is 5.73 Å². The normalized spacial score (nSPS) is 12.7. The molecule has 0 bridgehead atoms. The lowest BCUT2D eigenvalue weighted by atomic mass is 10.1. The van der Waals surface area contributed by atoms with Crippen LogP contribution in [0.4, 0.5) is 5.69 Å². The zero-order chi connectivity index (χ0) is 13.4. The number of benzene rings is 1. The molecule has 1 unspecified atom stereocenters. The second kappa shape index (κ2) is 8.11. The molecule has 0 saturated carbocycles. The maximum absolute atomic E-state index is 5.91. The molecule has 0 spiro atoms. The first-order valence-electron chi connectivity index (χ1n) is 7.00. The van der Waals surface area contributed by atoms with Crippen molar-refractivity contribution in [2.24, 2.45) is 5.73 Å². The Morgan fingerprint density at radius 2 is 1.94 bits per heavy atom. The summed E-state index contributed by atoms with van der Waals surface area (Å²) >= 11 is 0. The molecule has 1 rings (SSSR count). The van der Waals surface area contributed by atoms with Crippen molar-refractivity contribution in [2.75, 3.05) is 25.0 Å². The van der Waals surface area contributed by atoms with Crippen LogP contribution in [0.5, 0.6) is 0 Å². The number of anilines is 1. The average Bonchev–Trinajstić information content (AvgIpc) is 2.42. The van der Waals surface area contributed by atoms with Gasteiger partial charge in [-0.3, -0.25) is 4.90 Å².